The van der Waals surface area contributed by atoms with Crippen LogP contribution in [-0.2, 0) is 0 Å². The zero-order chi connectivity index (χ0) is 20.8. The number of rotatable bonds is 7. The number of nitrogens with zero attached hydrogens (tertiary/aromatic N) is 3. The molecule has 0 saturated heterocycles. The molecule has 0 fully saturated rings. The maximum absolute atomic E-state index is 12.2. The molecule has 1 aromatic heterocycles. The van der Waals surface area contributed by atoms with Crippen LogP contribution in [0.1, 0.15) is 23.0 Å². The minimum absolute atomic E-state index is 0.0739. The number of para-hydroxylation sites is 1. The van der Waals surface area contributed by atoms with Gasteiger partial charge < -0.3 is 9.84 Å². The zero-order valence-corrected chi connectivity index (χ0v) is 15.3. The highest BCUT2D eigenvalue weighted by molar-refractivity contribution is 5.94. The van der Waals surface area contributed by atoms with E-state index < -0.39 is 10.8 Å². The van der Waals surface area contributed by atoms with Crippen molar-refractivity contribution < 1.29 is 19.6 Å². The normalized spacial score (nSPS) is 10.8. The van der Waals surface area contributed by atoms with E-state index in [-0.39, 0.29) is 17.1 Å². The van der Waals surface area contributed by atoms with Gasteiger partial charge in [-0.25, -0.2) is 5.43 Å². The molecule has 3 aromatic rings. The van der Waals surface area contributed by atoms with Crippen LogP contribution < -0.4 is 10.2 Å². The number of aromatic amines is 1. The van der Waals surface area contributed by atoms with Gasteiger partial charge in [-0.05, 0) is 25.1 Å². The predicted molar refractivity (Wildman–Crippen MR) is 105 cm³/mol. The van der Waals surface area contributed by atoms with Gasteiger partial charge in [-0.2, -0.15) is 10.2 Å². The van der Waals surface area contributed by atoms with Crippen LogP contribution in [0.3, 0.4) is 0 Å². The highest BCUT2D eigenvalue weighted by Crippen LogP contribution is 2.28. The number of hydrogen-bond donors (Lipinski definition) is 3. The number of nitrogens with one attached hydrogen (secondary N) is 2. The summed E-state index contributed by atoms with van der Waals surface area (Å²) in [4.78, 5) is 22.6. The Balaban J connectivity index is 1.70. The van der Waals surface area contributed by atoms with Crippen LogP contribution in [0.25, 0.3) is 11.3 Å². The molecule has 10 nitrogen and oxygen atoms in total. The number of phenols is 1. The second-order valence-corrected chi connectivity index (χ2v) is 5.80. The molecule has 0 atom stereocenters. The van der Waals surface area contributed by atoms with Crippen molar-refractivity contribution in [3.63, 3.8) is 0 Å². The Hall–Kier alpha value is -4.21. The lowest BCUT2D eigenvalue weighted by molar-refractivity contribution is -0.384. The van der Waals surface area contributed by atoms with Crippen molar-refractivity contribution in [3.8, 4) is 22.8 Å². The molecule has 29 heavy (non-hydrogen) atoms. The monoisotopic (exact) mass is 395 g/mol. The van der Waals surface area contributed by atoms with Crippen molar-refractivity contribution in [2.45, 2.75) is 6.92 Å². The Kier molecular flexibility index (Phi) is 5.83. The Morgan fingerprint density at radius 2 is 2.14 bits per heavy atom. The van der Waals surface area contributed by atoms with Crippen LogP contribution >= 0.6 is 0 Å². The molecule has 3 N–H and O–H groups in total. The summed E-state index contributed by atoms with van der Waals surface area (Å²) in [7, 11) is 0. The number of phenolic OH excluding ortho intramolecular Hbond substituents is 1. The third-order valence-electron chi connectivity index (χ3n) is 3.88. The molecule has 0 saturated carbocycles. The summed E-state index contributed by atoms with van der Waals surface area (Å²) in [6, 6.07) is 12.3. The van der Waals surface area contributed by atoms with Crippen molar-refractivity contribution in [1.29, 1.82) is 0 Å². The molecule has 0 aliphatic heterocycles. The number of carbonyl (C=O) groups excluding carboxylic acids is 1. The van der Waals surface area contributed by atoms with Gasteiger partial charge in [-0.15, -0.1) is 0 Å². The van der Waals surface area contributed by atoms with Gasteiger partial charge in [0.05, 0.1) is 23.4 Å². The van der Waals surface area contributed by atoms with Crippen LogP contribution in [-0.4, -0.2) is 39.0 Å². The SMILES string of the molecule is CCOc1cccc(/C=N/NC(=O)c2cc(-c3cccc([N+](=O)[O-])c3)n[nH]2)c1O. The third kappa shape index (κ3) is 4.56. The van der Waals surface area contributed by atoms with E-state index in [2.05, 4.69) is 20.7 Å². The van der Waals surface area contributed by atoms with E-state index in [1.54, 1.807) is 31.2 Å². The minimum atomic E-state index is -0.564. The van der Waals surface area contributed by atoms with E-state index in [0.29, 0.717) is 29.2 Å². The van der Waals surface area contributed by atoms with Crippen molar-refractivity contribution in [1.82, 2.24) is 15.6 Å². The van der Waals surface area contributed by atoms with Crippen LogP contribution in [0, 0.1) is 10.1 Å². The number of nitro groups is 1. The predicted octanol–water partition coefficient (Wildman–Crippen LogP) is 2.85. The molecule has 0 radical (unpaired) electrons. The van der Waals surface area contributed by atoms with E-state index in [4.69, 9.17) is 4.74 Å². The second kappa shape index (κ2) is 8.65. The molecular formula is C19H17N5O5. The fourth-order valence-electron chi connectivity index (χ4n) is 2.50. The van der Waals surface area contributed by atoms with Gasteiger partial charge in [0.15, 0.2) is 11.5 Å². The fraction of sp³-hybridized carbons (Fsp3) is 0.105. The van der Waals surface area contributed by atoms with E-state index in [1.807, 2.05) is 0 Å². The molecular weight excluding hydrogens is 378 g/mol. The zero-order valence-electron chi connectivity index (χ0n) is 15.3. The number of carbonyl (C=O) groups is 1. The molecule has 3 rings (SSSR count). The van der Waals surface area contributed by atoms with Gasteiger partial charge in [0.2, 0.25) is 0 Å². The quantitative estimate of drug-likeness (QED) is 0.319. The van der Waals surface area contributed by atoms with Crippen LogP contribution in [0.2, 0.25) is 0 Å². The summed E-state index contributed by atoms with van der Waals surface area (Å²) in [6.07, 6.45) is 1.29. The van der Waals surface area contributed by atoms with E-state index in [9.17, 15) is 20.0 Å². The Bertz CT molecular complexity index is 1080. The molecule has 148 valence electrons. The van der Waals surface area contributed by atoms with Gasteiger partial charge >= 0.3 is 0 Å². The summed E-state index contributed by atoms with van der Waals surface area (Å²) >= 11 is 0. The van der Waals surface area contributed by atoms with Crippen molar-refractivity contribution in [2.24, 2.45) is 5.10 Å². The summed E-state index contributed by atoms with van der Waals surface area (Å²) in [6.45, 7) is 2.20. The number of aromatic nitrogens is 2. The van der Waals surface area contributed by atoms with E-state index >= 15 is 0 Å². The van der Waals surface area contributed by atoms with Crippen LogP contribution in [0.4, 0.5) is 5.69 Å². The average Bonchev–Trinajstić information content (AvgIpc) is 3.21. The lowest BCUT2D eigenvalue weighted by atomic mass is 10.1. The summed E-state index contributed by atoms with van der Waals surface area (Å²) < 4.78 is 5.29. The number of hydrogen-bond acceptors (Lipinski definition) is 7. The highest BCUT2D eigenvalue weighted by Gasteiger charge is 2.13. The average molecular weight is 395 g/mol. The van der Waals surface area contributed by atoms with Crippen molar-refractivity contribution in [3.05, 3.63) is 69.9 Å². The summed E-state index contributed by atoms with van der Waals surface area (Å²) in [5.74, 6) is -0.328. The van der Waals surface area contributed by atoms with Crippen LogP contribution in [0.5, 0.6) is 11.5 Å². The van der Waals surface area contributed by atoms with Gasteiger partial charge in [-0.3, -0.25) is 20.0 Å². The first kappa shape index (κ1) is 19.5. The molecule has 0 bridgehead atoms. The number of hydrazone groups is 1. The number of aromatic hydroxyl groups is 1. The number of amides is 1. The maximum atomic E-state index is 12.2. The molecule has 0 spiro atoms. The van der Waals surface area contributed by atoms with Crippen molar-refractivity contribution in [2.75, 3.05) is 6.61 Å². The van der Waals surface area contributed by atoms with Gasteiger partial charge in [0.1, 0.15) is 5.69 Å². The van der Waals surface area contributed by atoms with Crippen LogP contribution in [0.15, 0.2) is 53.6 Å². The summed E-state index contributed by atoms with van der Waals surface area (Å²) in [5, 5.41) is 31.4. The first-order chi connectivity index (χ1) is 14.0. The largest absolute Gasteiger partial charge is 0.504 e. The highest BCUT2D eigenvalue weighted by atomic mass is 16.6. The molecule has 0 unspecified atom stereocenters. The molecule has 0 aliphatic carbocycles. The van der Waals surface area contributed by atoms with Gasteiger partial charge in [0.25, 0.3) is 11.6 Å². The number of benzene rings is 2. The molecule has 10 heteroatoms. The van der Waals surface area contributed by atoms with E-state index in [0.717, 1.165) is 0 Å². The van der Waals surface area contributed by atoms with E-state index in [1.165, 1.54) is 30.5 Å². The third-order valence-corrected chi connectivity index (χ3v) is 3.88. The fourth-order valence-corrected chi connectivity index (χ4v) is 2.50. The first-order valence-electron chi connectivity index (χ1n) is 8.58. The van der Waals surface area contributed by atoms with Crippen molar-refractivity contribution >= 4 is 17.8 Å². The standard InChI is InChI=1S/C19H17N5O5/c1-2-29-17-8-4-6-13(18(17)25)11-20-23-19(26)16-10-15(21-22-16)12-5-3-7-14(9-12)24(27)28/h3-11,25H,2H2,1H3,(H,21,22)(H,23,26)/b20-11+. The lowest BCUT2D eigenvalue weighted by Crippen LogP contribution is -2.18. The minimum Gasteiger partial charge on any atom is -0.504 e. The molecule has 1 heterocycles. The number of nitro benzene ring substituents is 1. The lowest BCUT2D eigenvalue weighted by Gasteiger charge is -2.07. The van der Waals surface area contributed by atoms with Gasteiger partial charge in [0, 0.05) is 23.3 Å². The maximum Gasteiger partial charge on any atom is 0.289 e. The molecule has 1 amide bonds. The molecule has 0 aliphatic rings. The summed E-state index contributed by atoms with van der Waals surface area (Å²) in [5.41, 5.74) is 3.62. The Labute approximate surface area is 165 Å². The van der Waals surface area contributed by atoms with Gasteiger partial charge in [-0.1, -0.05) is 18.2 Å². The topological polar surface area (TPSA) is 143 Å². The Morgan fingerprint density at radius 3 is 2.90 bits per heavy atom. The number of ether oxygens (including phenoxy) is 1. The second-order valence-electron chi connectivity index (χ2n) is 5.80. The Morgan fingerprint density at radius 1 is 1.34 bits per heavy atom. The molecule has 2 aromatic carbocycles. The smallest absolute Gasteiger partial charge is 0.289 e. The number of H-pyrrole nitrogens is 1. The first-order valence-corrected chi connectivity index (χ1v) is 8.58. The number of non-ortho nitro benzene ring substituents is 1.